The Morgan fingerprint density at radius 1 is 1.11 bits per heavy atom. The number of urea groups is 1. The van der Waals surface area contributed by atoms with Gasteiger partial charge in [0.05, 0.1) is 23.5 Å². The van der Waals surface area contributed by atoms with Crippen LogP contribution in [0.25, 0.3) is 11.1 Å². The van der Waals surface area contributed by atoms with E-state index in [1.54, 1.807) is 6.07 Å². The van der Waals surface area contributed by atoms with Crippen molar-refractivity contribution in [3.63, 3.8) is 0 Å². The van der Waals surface area contributed by atoms with Gasteiger partial charge in [-0.2, -0.15) is 17.6 Å². The Balaban J connectivity index is 0.00000304. The molecule has 5 nitrogen and oxygen atoms in total. The van der Waals surface area contributed by atoms with Crippen LogP contribution < -0.4 is 5.32 Å². The van der Waals surface area contributed by atoms with E-state index < -0.39 is 52.6 Å². The van der Waals surface area contributed by atoms with Crippen molar-refractivity contribution in [2.24, 2.45) is 0 Å². The molecule has 2 amide bonds. The number of nitrogens with one attached hydrogen (secondary N) is 1. The second-order valence-corrected chi connectivity index (χ2v) is 8.58. The van der Waals surface area contributed by atoms with Crippen LogP contribution in [0.5, 0.6) is 0 Å². The van der Waals surface area contributed by atoms with Crippen molar-refractivity contribution in [1.82, 2.24) is 14.9 Å². The molecule has 11 heteroatoms. The summed E-state index contributed by atoms with van der Waals surface area (Å²) in [6.07, 6.45) is 0.400. The monoisotopic (exact) mass is 494 g/mol. The fourth-order valence-electron chi connectivity index (χ4n) is 5.00. The van der Waals surface area contributed by atoms with E-state index in [2.05, 4.69) is 15.3 Å². The van der Waals surface area contributed by atoms with Gasteiger partial charge in [-0.15, -0.1) is 0 Å². The maximum Gasteiger partial charge on any atom is 0.417 e. The van der Waals surface area contributed by atoms with Crippen molar-refractivity contribution >= 4 is 11.7 Å². The normalized spacial score (nSPS) is 19.3. The second kappa shape index (κ2) is 8.54. The first-order valence-corrected chi connectivity index (χ1v) is 10.9. The summed E-state index contributed by atoms with van der Waals surface area (Å²) in [7, 11) is 0. The molecule has 0 spiro atoms. The first-order chi connectivity index (χ1) is 16.6. The summed E-state index contributed by atoms with van der Waals surface area (Å²) in [5.41, 5.74) is -1.52. The number of aromatic nitrogens is 2. The number of pyridine rings is 2. The third kappa shape index (κ3) is 4.19. The van der Waals surface area contributed by atoms with Gasteiger partial charge in [-0.1, -0.05) is 0 Å². The quantitative estimate of drug-likeness (QED) is 0.327. The van der Waals surface area contributed by atoms with E-state index in [1.165, 1.54) is 11.1 Å². The minimum absolute atomic E-state index is 0. The van der Waals surface area contributed by atoms with Gasteiger partial charge in [0.15, 0.2) is 0 Å². The predicted molar refractivity (Wildman–Crippen MR) is 116 cm³/mol. The molecule has 0 radical (unpaired) electrons. The molecule has 2 aliphatic rings. The molecule has 2 aliphatic heterocycles. The van der Waals surface area contributed by atoms with Crippen molar-refractivity contribution in [3.05, 3.63) is 77.1 Å². The molecule has 2 aromatic heterocycles. The summed E-state index contributed by atoms with van der Waals surface area (Å²) in [5.74, 6) is -2.76. The largest absolute Gasteiger partial charge is 0.417 e. The van der Waals surface area contributed by atoms with Crippen molar-refractivity contribution in [2.75, 3.05) is 5.32 Å². The summed E-state index contributed by atoms with van der Waals surface area (Å²) >= 11 is 0. The number of amides is 2. The molecule has 5 rings (SSSR count). The van der Waals surface area contributed by atoms with Gasteiger partial charge in [0.2, 0.25) is 5.95 Å². The molecule has 0 unspecified atom stereocenters. The molecule has 1 fully saturated rings. The van der Waals surface area contributed by atoms with E-state index in [0.29, 0.717) is 24.0 Å². The SMILES string of the molecule is O=C(Nc1cc(-c2cncc(F)c2)c(C(F)(F)F)cc1F)N1[C@H]2CCC[C@@H]1c1ccnc(F)c1C2.[HH]. The maximum atomic E-state index is 14.8. The highest BCUT2D eigenvalue weighted by atomic mass is 19.4. The molecule has 1 saturated heterocycles. The summed E-state index contributed by atoms with van der Waals surface area (Å²) in [6.45, 7) is 0. The first kappa shape index (κ1) is 23.1. The van der Waals surface area contributed by atoms with Gasteiger partial charge in [-0.25, -0.2) is 18.6 Å². The average Bonchev–Trinajstić information content (AvgIpc) is 2.80. The van der Waals surface area contributed by atoms with Gasteiger partial charge >= 0.3 is 12.2 Å². The van der Waals surface area contributed by atoms with E-state index in [-0.39, 0.29) is 25.5 Å². The Hall–Kier alpha value is -3.63. The van der Waals surface area contributed by atoms with Gasteiger partial charge in [0.1, 0.15) is 11.6 Å². The minimum Gasteiger partial charge on any atom is -0.314 e. The van der Waals surface area contributed by atoms with Crippen LogP contribution in [0.3, 0.4) is 0 Å². The van der Waals surface area contributed by atoms with E-state index in [0.717, 1.165) is 30.9 Å². The lowest BCUT2D eigenvalue weighted by Crippen LogP contribution is -2.51. The topological polar surface area (TPSA) is 58.1 Å². The fraction of sp³-hybridized carbons (Fsp3) is 0.292. The third-order valence-electron chi connectivity index (χ3n) is 6.49. The Morgan fingerprint density at radius 3 is 2.66 bits per heavy atom. The van der Waals surface area contributed by atoms with Gasteiger partial charge < -0.3 is 10.2 Å². The maximum absolute atomic E-state index is 14.8. The smallest absolute Gasteiger partial charge is 0.314 e. The number of rotatable bonds is 2. The zero-order valence-electron chi connectivity index (χ0n) is 18.0. The average molecular weight is 494 g/mol. The second-order valence-electron chi connectivity index (χ2n) is 8.58. The van der Waals surface area contributed by atoms with Gasteiger partial charge in [-0.3, -0.25) is 4.98 Å². The number of carbonyl (C=O) groups excluding carboxylic acids is 1. The number of fused-ring (bicyclic) bond motifs is 4. The summed E-state index contributed by atoms with van der Waals surface area (Å²) in [5, 5.41) is 2.38. The van der Waals surface area contributed by atoms with Crippen LogP contribution in [0.15, 0.2) is 42.9 Å². The van der Waals surface area contributed by atoms with E-state index in [4.69, 9.17) is 0 Å². The molecule has 2 bridgehead atoms. The van der Waals surface area contributed by atoms with Crippen LogP contribution >= 0.6 is 0 Å². The number of halogens is 6. The summed E-state index contributed by atoms with van der Waals surface area (Å²) < 4.78 is 83.6. The van der Waals surface area contributed by atoms with Crippen LogP contribution in [0.2, 0.25) is 0 Å². The molecule has 1 N–H and O–H groups in total. The number of benzene rings is 1. The number of nitrogens with zero attached hydrogens (tertiary/aromatic N) is 3. The summed E-state index contributed by atoms with van der Waals surface area (Å²) in [4.78, 5) is 22.0. The Morgan fingerprint density at radius 2 is 1.91 bits per heavy atom. The zero-order chi connectivity index (χ0) is 24.9. The summed E-state index contributed by atoms with van der Waals surface area (Å²) in [6, 6.07) is 2.01. The lowest BCUT2D eigenvalue weighted by Gasteiger charge is -2.46. The van der Waals surface area contributed by atoms with E-state index >= 15 is 0 Å². The highest BCUT2D eigenvalue weighted by Crippen LogP contribution is 2.43. The number of hydrogen-bond acceptors (Lipinski definition) is 3. The van der Waals surface area contributed by atoms with Crippen LogP contribution in [0.4, 0.5) is 36.8 Å². The van der Waals surface area contributed by atoms with Crippen LogP contribution in [0.1, 0.15) is 43.4 Å². The zero-order valence-corrected chi connectivity index (χ0v) is 18.0. The van der Waals surface area contributed by atoms with Crippen molar-refractivity contribution in [2.45, 2.75) is 43.9 Å². The fourth-order valence-corrected chi connectivity index (χ4v) is 5.00. The van der Waals surface area contributed by atoms with Crippen LogP contribution in [0, 0.1) is 17.6 Å². The molecule has 0 saturated carbocycles. The van der Waals surface area contributed by atoms with Crippen molar-refractivity contribution in [3.8, 4) is 11.1 Å². The standard InChI is InChI=1S/C24H18F6N4O.H2/c25-13-6-12(10-31-11-13)16-8-20(19(26)9-18(16)24(28,29)30)33-23(35)34-14-2-1-3-21(34)15-4-5-32-22(27)17(15)7-14;/h4-6,8-11,14,21H,1-3,7H2,(H,33,35);1H/t14-,21+;/m0./s1. The highest BCUT2D eigenvalue weighted by Gasteiger charge is 2.42. The first-order valence-electron chi connectivity index (χ1n) is 10.9. The van der Waals surface area contributed by atoms with Crippen molar-refractivity contribution < 1.29 is 32.6 Å². The van der Waals surface area contributed by atoms with Gasteiger partial charge in [0.25, 0.3) is 0 Å². The molecule has 35 heavy (non-hydrogen) atoms. The third-order valence-corrected chi connectivity index (χ3v) is 6.49. The lowest BCUT2D eigenvalue weighted by molar-refractivity contribution is -0.137. The van der Waals surface area contributed by atoms with Crippen LogP contribution in [-0.4, -0.2) is 26.9 Å². The number of hydrogen-bond donors (Lipinski definition) is 1. The molecule has 2 atom stereocenters. The number of carbonyl (C=O) groups is 1. The molecule has 0 aliphatic carbocycles. The molecule has 3 aromatic rings. The lowest BCUT2D eigenvalue weighted by atomic mass is 9.81. The predicted octanol–water partition coefficient (Wildman–Crippen LogP) is 6.51. The Labute approximate surface area is 197 Å². The highest BCUT2D eigenvalue weighted by molar-refractivity contribution is 5.91. The van der Waals surface area contributed by atoms with Gasteiger partial charge in [0, 0.05) is 31.0 Å². The van der Waals surface area contributed by atoms with E-state index in [9.17, 15) is 31.1 Å². The number of anilines is 1. The van der Waals surface area contributed by atoms with Gasteiger partial charge in [-0.05, 0) is 61.1 Å². The Kier molecular flexibility index (Phi) is 5.65. The van der Waals surface area contributed by atoms with E-state index in [1.807, 2.05) is 0 Å². The molecular formula is C24H20F6N4O. The number of piperidine rings is 1. The van der Waals surface area contributed by atoms with Crippen molar-refractivity contribution in [1.29, 1.82) is 0 Å². The molecular weight excluding hydrogens is 474 g/mol. The molecule has 1 aromatic carbocycles. The Bertz CT molecular complexity index is 1320. The molecule has 184 valence electrons. The molecule has 4 heterocycles. The number of alkyl halides is 3. The minimum atomic E-state index is -4.93. The van der Waals surface area contributed by atoms with Crippen LogP contribution in [-0.2, 0) is 12.6 Å².